The standard InChI is InChI=1S/C24H21FN2O2/c1-16-3-2-4-20(13-16)24(29)27-12-11-19-14-17(5-10-22(19)27)15-26-23(28)18-6-8-21(25)9-7-18/h2-10,13-14H,11-12,15H2,1H3,(H,26,28). The van der Waals surface area contributed by atoms with Crippen LogP contribution in [0.15, 0.2) is 66.7 Å². The van der Waals surface area contributed by atoms with Gasteiger partial charge in [-0.1, -0.05) is 29.8 Å². The Balaban J connectivity index is 1.45. The van der Waals surface area contributed by atoms with Crippen LogP contribution in [-0.4, -0.2) is 18.4 Å². The van der Waals surface area contributed by atoms with E-state index in [-0.39, 0.29) is 17.6 Å². The number of carbonyl (C=O) groups excluding carboxylic acids is 2. The molecule has 1 heterocycles. The number of nitrogens with one attached hydrogen (secondary N) is 1. The first-order valence-corrected chi connectivity index (χ1v) is 9.55. The predicted molar refractivity (Wildman–Crippen MR) is 111 cm³/mol. The lowest BCUT2D eigenvalue weighted by Gasteiger charge is -2.18. The van der Waals surface area contributed by atoms with Crippen LogP contribution in [0, 0.1) is 12.7 Å². The third kappa shape index (κ3) is 4.04. The first-order chi connectivity index (χ1) is 14.0. The number of halogens is 1. The van der Waals surface area contributed by atoms with Crippen LogP contribution in [0.4, 0.5) is 10.1 Å². The van der Waals surface area contributed by atoms with Crippen LogP contribution in [0.3, 0.4) is 0 Å². The Morgan fingerprint density at radius 2 is 1.79 bits per heavy atom. The van der Waals surface area contributed by atoms with Gasteiger partial charge in [-0.25, -0.2) is 4.39 Å². The zero-order valence-electron chi connectivity index (χ0n) is 16.1. The molecular formula is C24H21FN2O2. The van der Waals surface area contributed by atoms with Crippen molar-refractivity contribution in [2.45, 2.75) is 19.9 Å². The maximum atomic E-state index is 13.0. The predicted octanol–water partition coefficient (Wildman–Crippen LogP) is 4.27. The number of rotatable bonds is 4. The van der Waals surface area contributed by atoms with E-state index in [0.717, 1.165) is 28.8 Å². The van der Waals surface area contributed by atoms with Crippen LogP contribution < -0.4 is 10.2 Å². The Morgan fingerprint density at radius 1 is 1.00 bits per heavy atom. The molecule has 0 aliphatic carbocycles. The van der Waals surface area contributed by atoms with Crippen LogP contribution in [0.25, 0.3) is 0 Å². The van der Waals surface area contributed by atoms with Gasteiger partial charge in [-0.3, -0.25) is 9.59 Å². The summed E-state index contributed by atoms with van der Waals surface area (Å²) in [5.74, 6) is -0.614. The Labute approximate surface area is 169 Å². The molecular weight excluding hydrogens is 367 g/mol. The van der Waals surface area contributed by atoms with E-state index in [1.807, 2.05) is 54.3 Å². The van der Waals surface area contributed by atoms with Crippen LogP contribution >= 0.6 is 0 Å². The molecule has 0 saturated carbocycles. The Kier molecular flexibility index (Phi) is 5.12. The van der Waals surface area contributed by atoms with Gasteiger partial charge in [-0.2, -0.15) is 0 Å². The van der Waals surface area contributed by atoms with Crippen LogP contribution in [0.5, 0.6) is 0 Å². The van der Waals surface area contributed by atoms with Crippen molar-refractivity contribution >= 4 is 17.5 Å². The summed E-state index contributed by atoms with van der Waals surface area (Å²) in [4.78, 5) is 26.9. The maximum Gasteiger partial charge on any atom is 0.258 e. The molecule has 0 fully saturated rings. The molecule has 4 nitrogen and oxygen atoms in total. The molecule has 2 amide bonds. The van der Waals surface area contributed by atoms with Gasteiger partial charge in [0.2, 0.25) is 0 Å². The number of anilines is 1. The third-order valence-electron chi connectivity index (χ3n) is 5.11. The van der Waals surface area contributed by atoms with E-state index in [4.69, 9.17) is 0 Å². The molecule has 1 N–H and O–H groups in total. The average molecular weight is 388 g/mol. The Bertz CT molecular complexity index is 1080. The topological polar surface area (TPSA) is 49.4 Å². The van der Waals surface area contributed by atoms with E-state index in [9.17, 15) is 14.0 Å². The summed E-state index contributed by atoms with van der Waals surface area (Å²) in [6.45, 7) is 2.99. The second kappa shape index (κ2) is 7.87. The quantitative estimate of drug-likeness (QED) is 0.726. The first-order valence-electron chi connectivity index (χ1n) is 9.55. The minimum atomic E-state index is -0.370. The highest BCUT2D eigenvalue weighted by molar-refractivity contribution is 6.07. The lowest BCUT2D eigenvalue weighted by molar-refractivity contribution is 0.0949. The normalized spacial score (nSPS) is 12.6. The lowest BCUT2D eigenvalue weighted by atomic mass is 10.1. The van der Waals surface area contributed by atoms with E-state index >= 15 is 0 Å². The maximum absolute atomic E-state index is 13.0. The minimum Gasteiger partial charge on any atom is -0.348 e. The van der Waals surface area contributed by atoms with E-state index in [0.29, 0.717) is 24.2 Å². The van der Waals surface area contributed by atoms with Gasteiger partial charge in [-0.15, -0.1) is 0 Å². The highest BCUT2D eigenvalue weighted by Crippen LogP contribution is 2.30. The van der Waals surface area contributed by atoms with E-state index in [1.165, 1.54) is 24.3 Å². The monoisotopic (exact) mass is 388 g/mol. The summed E-state index contributed by atoms with van der Waals surface area (Å²) in [5, 5.41) is 2.85. The molecule has 4 rings (SSSR count). The van der Waals surface area contributed by atoms with Crippen molar-refractivity contribution in [1.82, 2.24) is 5.32 Å². The first kappa shape index (κ1) is 18.9. The van der Waals surface area contributed by atoms with Gasteiger partial charge in [-0.05, 0) is 66.9 Å². The smallest absolute Gasteiger partial charge is 0.258 e. The number of fused-ring (bicyclic) bond motifs is 1. The number of benzene rings is 3. The summed E-state index contributed by atoms with van der Waals surface area (Å²) >= 11 is 0. The van der Waals surface area contributed by atoms with Gasteiger partial charge in [0.15, 0.2) is 0 Å². The van der Waals surface area contributed by atoms with Crippen molar-refractivity contribution in [1.29, 1.82) is 0 Å². The number of amides is 2. The molecule has 0 unspecified atom stereocenters. The third-order valence-corrected chi connectivity index (χ3v) is 5.11. The molecule has 0 atom stereocenters. The molecule has 3 aromatic carbocycles. The SMILES string of the molecule is Cc1cccc(C(=O)N2CCc3cc(CNC(=O)c4ccc(F)cc4)ccc32)c1. The van der Waals surface area contributed by atoms with Gasteiger partial charge < -0.3 is 10.2 Å². The van der Waals surface area contributed by atoms with Gasteiger partial charge in [0.1, 0.15) is 5.82 Å². The highest BCUT2D eigenvalue weighted by Gasteiger charge is 2.25. The van der Waals surface area contributed by atoms with Gasteiger partial charge >= 0.3 is 0 Å². The van der Waals surface area contributed by atoms with E-state index < -0.39 is 0 Å². The van der Waals surface area contributed by atoms with Crippen molar-refractivity contribution in [3.63, 3.8) is 0 Å². The second-order valence-corrected chi connectivity index (χ2v) is 7.23. The van der Waals surface area contributed by atoms with Crippen molar-refractivity contribution in [3.8, 4) is 0 Å². The number of hydrogen-bond donors (Lipinski definition) is 1. The average Bonchev–Trinajstić information content (AvgIpc) is 3.15. The van der Waals surface area contributed by atoms with Gasteiger partial charge in [0.25, 0.3) is 11.8 Å². The molecule has 1 aliphatic heterocycles. The van der Waals surface area contributed by atoms with Crippen molar-refractivity contribution < 1.29 is 14.0 Å². The summed E-state index contributed by atoms with van der Waals surface area (Å²) in [7, 11) is 0. The Morgan fingerprint density at radius 3 is 2.55 bits per heavy atom. The number of nitrogens with zero attached hydrogens (tertiary/aromatic N) is 1. The zero-order valence-corrected chi connectivity index (χ0v) is 16.1. The van der Waals surface area contributed by atoms with Crippen molar-refractivity contribution in [2.75, 3.05) is 11.4 Å². The largest absolute Gasteiger partial charge is 0.348 e. The molecule has 29 heavy (non-hydrogen) atoms. The molecule has 3 aromatic rings. The summed E-state index contributed by atoms with van der Waals surface area (Å²) in [6.07, 6.45) is 0.784. The summed E-state index contributed by atoms with van der Waals surface area (Å²) in [5.41, 5.74) is 5.15. The summed E-state index contributed by atoms with van der Waals surface area (Å²) < 4.78 is 13.0. The summed E-state index contributed by atoms with van der Waals surface area (Å²) in [6, 6.07) is 19.0. The zero-order chi connectivity index (χ0) is 20.4. The van der Waals surface area contributed by atoms with Crippen LogP contribution in [-0.2, 0) is 13.0 Å². The fourth-order valence-electron chi connectivity index (χ4n) is 3.60. The molecule has 5 heteroatoms. The Hall–Kier alpha value is -3.47. The lowest BCUT2D eigenvalue weighted by Crippen LogP contribution is -2.28. The molecule has 1 aliphatic rings. The van der Waals surface area contributed by atoms with E-state index in [1.54, 1.807) is 0 Å². The molecule has 0 radical (unpaired) electrons. The van der Waals surface area contributed by atoms with Crippen LogP contribution in [0.1, 0.15) is 37.4 Å². The molecule has 0 bridgehead atoms. The van der Waals surface area contributed by atoms with Crippen molar-refractivity contribution in [2.24, 2.45) is 0 Å². The van der Waals surface area contributed by atoms with Crippen LogP contribution in [0.2, 0.25) is 0 Å². The number of carbonyl (C=O) groups is 2. The van der Waals surface area contributed by atoms with Gasteiger partial charge in [0, 0.05) is 29.9 Å². The second-order valence-electron chi connectivity index (χ2n) is 7.23. The molecule has 146 valence electrons. The minimum absolute atomic E-state index is 0.00446. The molecule has 0 spiro atoms. The van der Waals surface area contributed by atoms with Gasteiger partial charge in [0.05, 0.1) is 0 Å². The number of aryl methyl sites for hydroxylation is 1. The molecule has 0 saturated heterocycles. The fourth-order valence-corrected chi connectivity index (χ4v) is 3.60. The number of hydrogen-bond acceptors (Lipinski definition) is 2. The molecule has 0 aromatic heterocycles. The fraction of sp³-hybridized carbons (Fsp3) is 0.167. The highest BCUT2D eigenvalue weighted by atomic mass is 19.1. The van der Waals surface area contributed by atoms with E-state index in [2.05, 4.69) is 5.32 Å². The van der Waals surface area contributed by atoms with Crippen molar-refractivity contribution in [3.05, 3.63) is 100 Å².